The molecule has 0 radical (unpaired) electrons. The minimum absolute atomic E-state index is 0.459. The molecule has 0 spiro atoms. The largest absolute Gasteiger partial charge is 0.309 e. The van der Waals surface area contributed by atoms with Crippen molar-refractivity contribution in [2.75, 3.05) is 6.54 Å². The SMILES string of the molecule is c1ccc(Cc2cccc([C@H]3CCCN3)n2)cc1. The van der Waals surface area contributed by atoms with E-state index >= 15 is 0 Å². The van der Waals surface area contributed by atoms with Crippen molar-refractivity contribution in [1.29, 1.82) is 0 Å². The molecule has 0 unspecified atom stereocenters. The molecule has 2 aromatic rings. The van der Waals surface area contributed by atoms with E-state index in [-0.39, 0.29) is 0 Å². The van der Waals surface area contributed by atoms with Crippen molar-refractivity contribution in [1.82, 2.24) is 10.3 Å². The molecule has 1 fully saturated rings. The zero-order chi connectivity index (χ0) is 12.2. The highest BCUT2D eigenvalue weighted by Gasteiger charge is 2.17. The van der Waals surface area contributed by atoms with Crippen LogP contribution < -0.4 is 5.32 Å². The van der Waals surface area contributed by atoms with Crippen molar-refractivity contribution >= 4 is 0 Å². The quantitative estimate of drug-likeness (QED) is 0.888. The normalized spacial score (nSPS) is 19.0. The molecule has 1 atom stereocenters. The van der Waals surface area contributed by atoms with Crippen LogP contribution in [0.4, 0.5) is 0 Å². The fraction of sp³-hybridized carbons (Fsp3) is 0.312. The van der Waals surface area contributed by atoms with Gasteiger partial charge in [0, 0.05) is 18.2 Å². The Balaban J connectivity index is 1.78. The van der Waals surface area contributed by atoms with Crippen LogP contribution in [-0.2, 0) is 6.42 Å². The Bertz CT molecular complexity index is 502. The predicted molar refractivity (Wildman–Crippen MR) is 73.5 cm³/mol. The molecule has 18 heavy (non-hydrogen) atoms. The van der Waals surface area contributed by atoms with E-state index in [1.54, 1.807) is 0 Å². The summed E-state index contributed by atoms with van der Waals surface area (Å²) >= 11 is 0. The fourth-order valence-electron chi connectivity index (χ4n) is 2.53. The van der Waals surface area contributed by atoms with Gasteiger partial charge in [-0.25, -0.2) is 0 Å². The summed E-state index contributed by atoms with van der Waals surface area (Å²) in [4.78, 5) is 4.79. The van der Waals surface area contributed by atoms with Gasteiger partial charge in [0.1, 0.15) is 0 Å². The molecule has 1 aromatic carbocycles. The van der Waals surface area contributed by atoms with Crippen molar-refractivity contribution in [3.63, 3.8) is 0 Å². The van der Waals surface area contributed by atoms with E-state index in [0.29, 0.717) is 6.04 Å². The smallest absolute Gasteiger partial charge is 0.0576 e. The number of hydrogen-bond acceptors (Lipinski definition) is 2. The first kappa shape index (κ1) is 11.4. The molecule has 0 amide bonds. The van der Waals surface area contributed by atoms with Crippen LogP contribution in [0.15, 0.2) is 48.5 Å². The van der Waals surface area contributed by atoms with Gasteiger partial charge in [0.25, 0.3) is 0 Å². The molecule has 1 N–H and O–H groups in total. The molecule has 2 heterocycles. The molecule has 0 bridgehead atoms. The van der Waals surface area contributed by atoms with Gasteiger partial charge in [0.05, 0.1) is 5.69 Å². The number of nitrogens with one attached hydrogen (secondary N) is 1. The molecule has 3 rings (SSSR count). The van der Waals surface area contributed by atoms with E-state index in [4.69, 9.17) is 4.98 Å². The zero-order valence-electron chi connectivity index (χ0n) is 10.5. The first-order valence-corrected chi connectivity index (χ1v) is 6.65. The van der Waals surface area contributed by atoms with Crippen LogP contribution in [-0.4, -0.2) is 11.5 Å². The molecular formula is C16H18N2. The maximum Gasteiger partial charge on any atom is 0.0576 e. The Hall–Kier alpha value is -1.67. The Morgan fingerprint density at radius 3 is 2.72 bits per heavy atom. The van der Waals surface area contributed by atoms with E-state index in [1.807, 2.05) is 0 Å². The summed E-state index contributed by atoms with van der Waals surface area (Å²) in [6, 6.07) is 17.4. The number of rotatable bonds is 3. The topological polar surface area (TPSA) is 24.9 Å². The summed E-state index contributed by atoms with van der Waals surface area (Å²) in [5.74, 6) is 0. The highest BCUT2D eigenvalue weighted by molar-refractivity contribution is 5.23. The van der Waals surface area contributed by atoms with Crippen LogP contribution in [0, 0.1) is 0 Å². The van der Waals surface area contributed by atoms with Crippen LogP contribution in [0.5, 0.6) is 0 Å². The van der Waals surface area contributed by atoms with Crippen LogP contribution in [0.1, 0.15) is 35.8 Å². The Morgan fingerprint density at radius 1 is 1.06 bits per heavy atom. The average molecular weight is 238 g/mol. The molecule has 92 valence electrons. The van der Waals surface area contributed by atoms with E-state index in [1.165, 1.54) is 24.1 Å². The Labute approximate surface area is 108 Å². The zero-order valence-corrected chi connectivity index (χ0v) is 10.5. The summed E-state index contributed by atoms with van der Waals surface area (Å²) in [5.41, 5.74) is 3.68. The minimum atomic E-state index is 0.459. The number of aromatic nitrogens is 1. The Morgan fingerprint density at radius 2 is 1.94 bits per heavy atom. The van der Waals surface area contributed by atoms with E-state index in [9.17, 15) is 0 Å². The number of benzene rings is 1. The third-order valence-electron chi connectivity index (χ3n) is 3.47. The van der Waals surface area contributed by atoms with Gasteiger partial charge >= 0.3 is 0 Å². The van der Waals surface area contributed by atoms with E-state index in [0.717, 1.165) is 18.7 Å². The number of hydrogen-bond donors (Lipinski definition) is 1. The van der Waals surface area contributed by atoms with Crippen LogP contribution in [0.2, 0.25) is 0 Å². The molecule has 0 saturated carbocycles. The van der Waals surface area contributed by atoms with E-state index in [2.05, 4.69) is 53.8 Å². The van der Waals surface area contributed by atoms with Crippen molar-refractivity contribution in [2.45, 2.75) is 25.3 Å². The maximum atomic E-state index is 4.79. The lowest BCUT2D eigenvalue weighted by Gasteiger charge is -2.11. The second kappa shape index (κ2) is 5.32. The van der Waals surface area contributed by atoms with Crippen molar-refractivity contribution in [3.05, 3.63) is 65.5 Å². The highest BCUT2D eigenvalue weighted by atomic mass is 15.0. The number of nitrogens with zero attached hydrogens (tertiary/aromatic N) is 1. The second-order valence-electron chi connectivity index (χ2n) is 4.87. The molecule has 1 aliphatic rings. The molecule has 0 aliphatic carbocycles. The minimum Gasteiger partial charge on any atom is -0.309 e. The van der Waals surface area contributed by atoms with Gasteiger partial charge in [-0.3, -0.25) is 4.98 Å². The van der Waals surface area contributed by atoms with Crippen LogP contribution in [0.3, 0.4) is 0 Å². The lowest BCUT2D eigenvalue weighted by Crippen LogP contribution is -2.14. The van der Waals surface area contributed by atoms with Gasteiger partial charge in [0.15, 0.2) is 0 Å². The third-order valence-corrected chi connectivity index (χ3v) is 3.47. The van der Waals surface area contributed by atoms with Gasteiger partial charge in [-0.1, -0.05) is 36.4 Å². The standard InChI is InChI=1S/C16H18N2/c1-2-6-13(7-3-1)12-14-8-4-9-16(18-14)15-10-5-11-17-15/h1-4,6-9,15,17H,5,10-12H2/t15-/m1/s1. The van der Waals surface area contributed by atoms with Gasteiger partial charge in [0.2, 0.25) is 0 Å². The van der Waals surface area contributed by atoms with Crippen molar-refractivity contribution in [3.8, 4) is 0 Å². The molecule has 2 heteroatoms. The second-order valence-corrected chi connectivity index (χ2v) is 4.87. The monoisotopic (exact) mass is 238 g/mol. The molecule has 1 aliphatic heterocycles. The molecular weight excluding hydrogens is 220 g/mol. The first-order chi connectivity index (χ1) is 8.92. The summed E-state index contributed by atoms with van der Waals surface area (Å²) in [5, 5.41) is 3.50. The van der Waals surface area contributed by atoms with E-state index < -0.39 is 0 Å². The highest BCUT2D eigenvalue weighted by Crippen LogP contribution is 2.21. The predicted octanol–water partition coefficient (Wildman–Crippen LogP) is 3.10. The average Bonchev–Trinajstić information content (AvgIpc) is 2.94. The van der Waals surface area contributed by atoms with Crippen molar-refractivity contribution < 1.29 is 0 Å². The molecule has 1 aromatic heterocycles. The lowest BCUT2D eigenvalue weighted by molar-refractivity contribution is 0.625. The van der Waals surface area contributed by atoms with Crippen molar-refractivity contribution in [2.24, 2.45) is 0 Å². The molecule has 2 nitrogen and oxygen atoms in total. The van der Waals surface area contributed by atoms with Gasteiger partial charge in [-0.2, -0.15) is 0 Å². The van der Waals surface area contributed by atoms with Crippen LogP contribution in [0.25, 0.3) is 0 Å². The maximum absolute atomic E-state index is 4.79. The molecule has 1 saturated heterocycles. The first-order valence-electron chi connectivity index (χ1n) is 6.65. The lowest BCUT2D eigenvalue weighted by atomic mass is 10.1. The van der Waals surface area contributed by atoms with Crippen LogP contribution >= 0.6 is 0 Å². The third kappa shape index (κ3) is 2.59. The fourth-order valence-corrected chi connectivity index (χ4v) is 2.53. The Kier molecular flexibility index (Phi) is 3.37. The summed E-state index contributed by atoms with van der Waals surface area (Å²) in [6.07, 6.45) is 3.39. The van der Waals surface area contributed by atoms with Gasteiger partial charge < -0.3 is 5.32 Å². The summed E-state index contributed by atoms with van der Waals surface area (Å²) in [7, 11) is 0. The summed E-state index contributed by atoms with van der Waals surface area (Å²) in [6.45, 7) is 1.12. The summed E-state index contributed by atoms with van der Waals surface area (Å²) < 4.78 is 0. The van der Waals surface area contributed by atoms with Gasteiger partial charge in [-0.15, -0.1) is 0 Å². The van der Waals surface area contributed by atoms with Gasteiger partial charge in [-0.05, 0) is 37.1 Å². The number of pyridine rings is 1.